The van der Waals surface area contributed by atoms with Gasteiger partial charge >= 0.3 is 12.0 Å². The van der Waals surface area contributed by atoms with E-state index in [1.165, 1.54) is 11.3 Å². The van der Waals surface area contributed by atoms with E-state index in [1.54, 1.807) is 47.8 Å². The Hall–Kier alpha value is -3.04. The van der Waals surface area contributed by atoms with E-state index < -0.39 is 12.0 Å². The minimum absolute atomic E-state index is 0.221. The number of nitrogens with one attached hydrogen (secondary N) is 1. The van der Waals surface area contributed by atoms with E-state index >= 15 is 0 Å². The van der Waals surface area contributed by atoms with Gasteiger partial charge in [0.15, 0.2) is 5.69 Å². The van der Waals surface area contributed by atoms with E-state index in [0.29, 0.717) is 27.2 Å². The fraction of sp³-hybridized carbons (Fsp3) is 0. The molecule has 0 aliphatic carbocycles. The van der Waals surface area contributed by atoms with Crippen LogP contribution in [0.2, 0.25) is 10.0 Å². The highest BCUT2D eigenvalue weighted by atomic mass is 35.5. The van der Waals surface area contributed by atoms with Gasteiger partial charge in [0.05, 0.1) is 5.69 Å². The molecule has 4 aromatic rings. The van der Waals surface area contributed by atoms with Crippen molar-refractivity contribution in [3.05, 3.63) is 93.9 Å². The first-order valence-corrected chi connectivity index (χ1v) is 11.5. The average molecular weight is 516 g/mol. The van der Waals surface area contributed by atoms with Crippen LogP contribution in [0.25, 0.3) is 10.6 Å². The van der Waals surface area contributed by atoms with Crippen LogP contribution in [0, 0.1) is 0 Å². The number of anilines is 2. The number of ether oxygens (including phenoxy) is 1. The smallest absolute Gasteiger partial charge is 0.363 e. The molecule has 0 saturated carbocycles. The molecule has 10 heteroatoms. The predicted octanol–water partition coefficient (Wildman–Crippen LogP) is 7.22. The summed E-state index contributed by atoms with van der Waals surface area (Å²) in [6.07, 6.45) is 0. The molecular formula is C23H15Cl2N3O3S2. The number of hydrogen-bond donors (Lipinski definition) is 2. The topological polar surface area (TPSA) is 71.5 Å². The third-order valence-electron chi connectivity index (χ3n) is 4.33. The molecule has 0 spiro atoms. The summed E-state index contributed by atoms with van der Waals surface area (Å²) in [6, 6.07) is 20.1. The van der Waals surface area contributed by atoms with Crippen molar-refractivity contribution in [1.29, 1.82) is 0 Å². The summed E-state index contributed by atoms with van der Waals surface area (Å²) in [5, 5.41) is 5.83. The van der Waals surface area contributed by atoms with Crippen LogP contribution in [0.1, 0.15) is 10.5 Å². The minimum atomic E-state index is -0.570. The lowest BCUT2D eigenvalue weighted by molar-refractivity contribution is 0.0729. The first-order chi connectivity index (χ1) is 15.9. The Balaban J connectivity index is 1.39. The highest BCUT2D eigenvalue weighted by Crippen LogP contribution is 2.27. The molecule has 33 heavy (non-hydrogen) atoms. The van der Waals surface area contributed by atoms with Gasteiger partial charge in [-0.1, -0.05) is 66.3 Å². The molecule has 166 valence electrons. The summed E-state index contributed by atoms with van der Waals surface area (Å²) in [7, 11) is 0. The number of carbonyl (C=O) groups is 2. The fourth-order valence-corrected chi connectivity index (χ4v) is 4.32. The predicted molar refractivity (Wildman–Crippen MR) is 136 cm³/mol. The van der Waals surface area contributed by atoms with Crippen molar-refractivity contribution < 1.29 is 14.3 Å². The molecule has 6 nitrogen and oxygen atoms in total. The molecule has 0 aliphatic rings. The maximum absolute atomic E-state index is 12.5. The van der Waals surface area contributed by atoms with Crippen molar-refractivity contribution in [2.45, 2.75) is 0 Å². The highest BCUT2D eigenvalue weighted by Gasteiger charge is 2.16. The van der Waals surface area contributed by atoms with Gasteiger partial charge in [0, 0.05) is 26.7 Å². The van der Waals surface area contributed by atoms with Crippen LogP contribution in [-0.4, -0.2) is 17.0 Å². The zero-order valence-electron chi connectivity index (χ0n) is 16.7. The molecule has 0 saturated heterocycles. The molecular weight excluding hydrogens is 501 g/mol. The van der Waals surface area contributed by atoms with E-state index in [0.717, 1.165) is 14.9 Å². The summed E-state index contributed by atoms with van der Waals surface area (Å²) >= 11 is 17.5. The number of halogens is 2. The maximum Gasteiger partial charge on any atom is 0.363 e. The Labute approximate surface area is 209 Å². The summed E-state index contributed by atoms with van der Waals surface area (Å²) in [5.41, 5.74) is 2.04. The molecule has 1 heterocycles. The highest BCUT2D eigenvalue weighted by molar-refractivity contribution is 7.82. The van der Waals surface area contributed by atoms with Crippen LogP contribution >= 0.6 is 47.4 Å². The van der Waals surface area contributed by atoms with Gasteiger partial charge in [0.25, 0.3) is 0 Å². The first kappa shape index (κ1) is 23.1. The maximum atomic E-state index is 12.5. The summed E-state index contributed by atoms with van der Waals surface area (Å²) in [6.45, 7) is 0. The van der Waals surface area contributed by atoms with Crippen molar-refractivity contribution in [2.24, 2.45) is 0 Å². The lowest BCUT2D eigenvalue weighted by atomic mass is 10.2. The number of benzene rings is 3. The van der Waals surface area contributed by atoms with Crippen LogP contribution in [0.15, 0.2) is 78.2 Å². The Morgan fingerprint density at radius 3 is 2.30 bits per heavy atom. The lowest BCUT2D eigenvalue weighted by Crippen LogP contribution is -2.26. The Kier molecular flexibility index (Phi) is 7.20. The van der Waals surface area contributed by atoms with E-state index in [4.69, 9.17) is 27.9 Å². The monoisotopic (exact) mass is 515 g/mol. The fourth-order valence-electron chi connectivity index (χ4n) is 2.82. The van der Waals surface area contributed by atoms with Gasteiger partial charge in [-0.2, -0.15) is 0 Å². The van der Waals surface area contributed by atoms with Crippen molar-refractivity contribution in [3.63, 3.8) is 0 Å². The summed E-state index contributed by atoms with van der Waals surface area (Å²) in [4.78, 5) is 29.3. The second-order valence-corrected chi connectivity index (χ2v) is 8.82. The average Bonchev–Trinajstić information content (AvgIpc) is 3.29. The Morgan fingerprint density at radius 1 is 0.970 bits per heavy atom. The molecule has 0 atom stereocenters. The van der Waals surface area contributed by atoms with Crippen LogP contribution < -0.4 is 14.4 Å². The van der Waals surface area contributed by atoms with Crippen LogP contribution in [0.4, 0.5) is 16.2 Å². The van der Waals surface area contributed by atoms with Gasteiger partial charge in [-0.25, -0.2) is 18.9 Å². The number of rotatable bonds is 5. The number of urea groups is 1. The van der Waals surface area contributed by atoms with Crippen LogP contribution in [-0.2, 0) is 0 Å². The SMILES string of the molecule is O=C(Oc1ccc(N(S)C(=O)Nc2cc(Cl)cc(Cl)c2)cc1)c1csc(-c2ccccc2)n1. The normalized spacial score (nSPS) is 10.5. The molecule has 0 aliphatic heterocycles. The quantitative estimate of drug-likeness (QED) is 0.167. The number of hydrogen-bond acceptors (Lipinski definition) is 6. The summed E-state index contributed by atoms with van der Waals surface area (Å²) in [5.74, 6) is -0.263. The van der Waals surface area contributed by atoms with Crippen molar-refractivity contribution >= 4 is 70.7 Å². The zero-order valence-corrected chi connectivity index (χ0v) is 20.0. The molecule has 0 fully saturated rings. The lowest BCUT2D eigenvalue weighted by Gasteiger charge is -2.17. The third kappa shape index (κ3) is 5.85. The second-order valence-electron chi connectivity index (χ2n) is 6.69. The van der Waals surface area contributed by atoms with Gasteiger partial charge < -0.3 is 10.1 Å². The number of thiol groups is 1. The Bertz CT molecular complexity index is 1280. The third-order valence-corrected chi connectivity index (χ3v) is 6.07. The molecule has 1 N–H and O–H groups in total. The first-order valence-electron chi connectivity index (χ1n) is 9.48. The molecule has 4 rings (SSSR count). The van der Waals surface area contributed by atoms with Crippen molar-refractivity contribution in [3.8, 4) is 16.3 Å². The number of aromatic nitrogens is 1. The second kappa shape index (κ2) is 10.3. The van der Waals surface area contributed by atoms with Gasteiger partial charge in [-0.05, 0) is 42.5 Å². The van der Waals surface area contributed by atoms with Crippen LogP contribution in [0.5, 0.6) is 5.75 Å². The molecule has 0 bridgehead atoms. The van der Waals surface area contributed by atoms with E-state index in [-0.39, 0.29) is 5.69 Å². The van der Waals surface area contributed by atoms with Gasteiger partial charge in [0.1, 0.15) is 10.8 Å². The molecule has 0 radical (unpaired) electrons. The van der Waals surface area contributed by atoms with Gasteiger partial charge in [0.2, 0.25) is 0 Å². The van der Waals surface area contributed by atoms with E-state index in [2.05, 4.69) is 23.1 Å². The summed E-state index contributed by atoms with van der Waals surface area (Å²) < 4.78 is 6.50. The van der Waals surface area contributed by atoms with E-state index in [9.17, 15) is 9.59 Å². The van der Waals surface area contributed by atoms with E-state index in [1.807, 2.05) is 30.3 Å². The zero-order chi connectivity index (χ0) is 23.4. The van der Waals surface area contributed by atoms with Crippen molar-refractivity contribution in [1.82, 2.24) is 4.98 Å². The van der Waals surface area contributed by atoms with Gasteiger partial charge in [-0.15, -0.1) is 11.3 Å². The number of thiazole rings is 1. The van der Waals surface area contributed by atoms with Crippen LogP contribution in [0.3, 0.4) is 0 Å². The van der Waals surface area contributed by atoms with Gasteiger partial charge in [-0.3, -0.25) is 0 Å². The minimum Gasteiger partial charge on any atom is -0.422 e. The molecule has 1 aromatic heterocycles. The van der Waals surface area contributed by atoms with Crippen molar-refractivity contribution in [2.75, 3.05) is 9.62 Å². The molecule has 0 unspecified atom stereocenters. The number of amides is 2. The number of esters is 1. The number of carbonyl (C=O) groups excluding carboxylic acids is 2. The number of nitrogens with zero attached hydrogens (tertiary/aromatic N) is 2. The molecule has 2 amide bonds. The largest absolute Gasteiger partial charge is 0.422 e. The Morgan fingerprint density at radius 2 is 1.64 bits per heavy atom. The molecule has 3 aromatic carbocycles. The standard InChI is InChI=1S/C23H15Cl2N3O3S2/c24-15-10-16(25)12-17(11-15)26-23(30)28(32)18-6-8-19(9-7-18)31-22(29)20-13-33-21(27-20)14-4-2-1-3-5-14/h1-13,32H,(H,26,30).